The van der Waals surface area contributed by atoms with Crippen molar-refractivity contribution in [3.05, 3.63) is 57.5 Å². The molecule has 0 amide bonds. The van der Waals surface area contributed by atoms with Crippen molar-refractivity contribution in [2.75, 3.05) is 5.73 Å². The quantitative estimate of drug-likeness (QED) is 0.736. The van der Waals surface area contributed by atoms with Gasteiger partial charge in [0.1, 0.15) is 0 Å². The Morgan fingerprint density at radius 2 is 1.95 bits per heavy atom. The van der Waals surface area contributed by atoms with E-state index in [0.29, 0.717) is 0 Å². The minimum atomic E-state index is 0.777. The molecule has 96 valence electrons. The van der Waals surface area contributed by atoms with E-state index < -0.39 is 0 Å². The Morgan fingerprint density at radius 1 is 1.16 bits per heavy atom. The molecule has 5 heteroatoms. The van der Waals surface area contributed by atoms with Crippen molar-refractivity contribution in [1.82, 2.24) is 9.78 Å². The molecule has 0 radical (unpaired) electrons. The van der Waals surface area contributed by atoms with Gasteiger partial charge in [0.05, 0.1) is 12.7 Å². The van der Waals surface area contributed by atoms with Crippen LogP contribution < -0.4 is 5.73 Å². The Bertz CT molecular complexity index is 685. The lowest BCUT2D eigenvalue weighted by atomic mass is 10.1. The maximum Gasteiger partial charge on any atom is 0.0763 e. The van der Waals surface area contributed by atoms with Gasteiger partial charge in [-0.3, -0.25) is 4.68 Å². The van der Waals surface area contributed by atoms with Crippen molar-refractivity contribution in [1.29, 1.82) is 0 Å². The number of aromatic nitrogens is 2. The zero-order valence-corrected chi connectivity index (χ0v) is 12.5. The van der Waals surface area contributed by atoms with E-state index in [1.807, 2.05) is 35.1 Å². The van der Waals surface area contributed by atoms with Crippen LogP contribution in [0.15, 0.2) is 52.6 Å². The Labute approximate surface area is 123 Å². The van der Waals surface area contributed by atoms with Gasteiger partial charge in [0.15, 0.2) is 0 Å². The molecule has 2 aromatic heterocycles. The fraction of sp³-hybridized carbons (Fsp3) is 0.0714. The number of halogens is 1. The first-order valence-corrected chi connectivity index (χ1v) is 7.50. The van der Waals surface area contributed by atoms with Crippen LogP contribution in [0.5, 0.6) is 0 Å². The smallest absolute Gasteiger partial charge is 0.0763 e. The molecule has 0 fully saturated rings. The van der Waals surface area contributed by atoms with Gasteiger partial charge in [-0.25, -0.2) is 0 Å². The second-order valence-electron chi connectivity index (χ2n) is 4.24. The van der Waals surface area contributed by atoms with E-state index in [2.05, 4.69) is 38.7 Å². The molecule has 2 N–H and O–H groups in total. The Balaban J connectivity index is 1.83. The van der Waals surface area contributed by atoms with Crippen LogP contribution in [-0.4, -0.2) is 9.78 Å². The summed E-state index contributed by atoms with van der Waals surface area (Å²) in [5.41, 5.74) is 8.70. The molecule has 3 nitrogen and oxygen atoms in total. The number of nitrogens with zero attached hydrogens (tertiary/aromatic N) is 2. The predicted molar refractivity (Wildman–Crippen MR) is 83.2 cm³/mol. The maximum atomic E-state index is 5.69. The lowest BCUT2D eigenvalue weighted by molar-refractivity contribution is 0.693. The predicted octanol–water partition coefficient (Wildman–Crippen LogP) is 4.00. The SMILES string of the molecule is Nc1ccc(-c2cnn(Cc3sccc3Br)c2)cc1. The molecule has 0 saturated heterocycles. The summed E-state index contributed by atoms with van der Waals surface area (Å²) in [6.07, 6.45) is 3.94. The number of thiophene rings is 1. The van der Waals surface area contributed by atoms with E-state index in [1.165, 1.54) is 4.88 Å². The van der Waals surface area contributed by atoms with Crippen molar-refractivity contribution in [2.24, 2.45) is 0 Å². The number of hydrogen-bond donors (Lipinski definition) is 1. The minimum Gasteiger partial charge on any atom is -0.399 e. The van der Waals surface area contributed by atoms with E-state index in [0.717, 1.165) is 27.8 Å². The lowest BCUT2D eigenvalue weighted by Gasteiger charge is -2.00. The van der Waals surface area contributed by atoms with Crippen LogP contribution in [0.25, 0.3) is 11.1 Å². The monoisotopic (exact) mass is 333 g/mol. The van der Waals surface area contributed by atoms with Crippen LogP contribution in [-0.2, 0) is 6.54 Å². The van der Waals surface area contributed by atoms with Crippen LogP contribution in [0.4, 0.5) is 5.69 Å². The average molecular weight is 334 g/mol. The molecule has 19 heavy (non-hydrogen) atoms. The van der Waals surface area contributed by atoms with Crippen LogP contribution in [0.3, 0.4) is 0 Å². The summed E-state index contributed by atoms with van der Waals surface area (Å²) in [6.45, 7) is 0.785. The maximum absolute atomic E-state index is 5.69. The highest BCUT2D eigenvalue weighted by molar-refractivity contribution is 9.10. The van der Waals surface area contributed by atoms with Gasteiger partial charge in [-0.05, 0) is 45.1 Å². The number of nitrogens with two attached hydrogens (primary N) is 1. The van der Waals surface area contributed by atoms with Gasteiger partial charge in [0, 0.05) is 26.8 Å². The summed E-state index contributed by atoms with van der Waals surface area (Å²) < 4.78 is 3.09. The first kappa shape index (κ1) is 12.4. The Kier molecular flexibility index (Phi) is 3.40. The molecular formula is C14H12BrN3S. The molecule has 3 aromatic rings. The highest BCUT2D eigenvalue weighted by Crippen LogP contribution is 2.25. The standard InChI is InChI=1S/C14H12BrN3S/c15-13-5-6-19-14(13)9-18-8-11(7-17-18)10-1-3-12(16)4-2-10/h1-8H,9,16H2. The first-order valence-electron chi connectivity index (χ1n) is 5.82. The van der Waals surface area contributed by atoms with E-state index in [1.54, 1.807) is 11.3 Å². The summed E-state index contributed by atoms with van der Waals surface area (Å²) >= 11 is 5.27. The van der Waals surface area contributed by atoms with Crippen molar-refractivity contribution in [3.63, 3.8) is 0 Å². The second kappa shape index (κ2) is 5.19. The number of hydrogen-bond acceptors (Lipinski definition) is 3. The number of rotatable bonds is 3. The highest BCUT2D eigenvalue weighted by Gasteiger charge is 2.05. The molecule has 0 unspecified atom stereocenters. The van der Waals surface area contributed by atoms with Crippen LogP contribution in [0, 0.1) is 0 Å². The second-order valence-corrected chi connectivity index (χ2v) is 6.10. The van der Waals surface area contributed by atoms with Crippen molar-refractivity contribution >= 4 is 33.0 Å². The summed E-state index contributed by atoms with van der Waals surface area (Å²) in [5.74, 6) is 0. The highest BCUT2D eigenvalue weighted by atomic mass is 79.9. The van der Waals surface area contributed by atoms with E-state index >= 15 is 0 Å². The van der Waals surface area contributed by atoms with E-state index in [9.17, 15) is 0 Å². The molecule has 1 aromatic carbocycles. The lowest BCUT2D eigenvalue weighted by Crippen LogP contribution is -1.97. The average Bonchev–Trinajstić information content (AvgIpc) is 3.01. The molecule has 0 aliphatic rings. The van der Waals surface area contributed by atoms with Gasteiger partial charge in [-0.15, -0.1) is 11.3 Å². The van der Waals surface area contributed by atoms with Crippen LogP contribution in [0.2, 0.25) is 0 Å². The molecule has 0 aliphatic heterocycles. The normalized spacial score (nSPS) is 10.8. The third-order valence-electron chi connectivity index (χ3n) is 2.87. The Hall–Kier alpha value is -1.59. The molecule has 0 spiro atoms. The van der Waals surface area contributed by atoms with Crippen molar-refractivity contribution in [2.45, 2.75) is 6.54 Å². The zero-order chi connectivity index (χ0) is 13.2. The van der Waals surface area contributed by atoms with Crippen molar-refractivity contribution in [3.8, 4) is 11.1 Å². The number of anilines is 1. The van der Waals surface area contributed by atoms with Crippen LogP contribution >= 0.6 is 27.3 Å². The van der Waals surface area contributed by atoms with Gasteiger partial charge in [0.2, 0.25) is 0 Å². The van der Waals surface area contributed by atoms with Crippen LogP contribution in [0.1, 0.15) is 4.88 Å². The van der Waals surface area contributed by atoms with E-state index in [4.69, 9.17) is 5.73 Å². The summed E-state index contributed by atoms with van der Waals surface area (Å²) in [6, 6.07) is 9.89. The van der Waals surface area contributed by atoms with Gasteiger partial charge < -0.3 is 5.73 Å². The fourth-order valence-electron chi connectivity index (χ4n) is 1.86. The third kappa shape index (κ3) is 2.72. The van der Waals surface area contributed by atoms with Gasteiger partial charge in [-0.2, -0.15) is 5.10 Å². The molecular weight excluding hydrogens is 322 g/mol. The number of benzene rings is 1. The largest absolute Gasteiger partial charge is 0.399 e. The molecule has 2 heterocycles. The molecule has 3 rings (SSSR count). The zero-order valence-electron chi connectivity index (χ0n) is 10.1. The summed E-state index contributed by atoms with van der Waals surface area (Å²) in [4.78, 5) is 1.27. The van der Waals surface area contributed by atoms with Crippen molar-refractivity contribution < 1.29 is 0 Å². The van der Waals surface area contributed by atoms with Gasteiger partial charge in [-0.1, -0.05) is 12.1 Å². The molecule has 0 bridgehead atoms. The topological polar surface area (TPSA) is 43.8 Å². The molecule has 0 aliphatic carbocycles. The molecule has 0 saturated carbocycles. The van der Waals surface area contributed by atoms with E-state index in [-0.39, 0.29) is 0 Å². The number of nitrogen functional groups attached to an aromatic ring is 1. The fourth-order valence-corrected chi connectivity index (χ4v) is 3.33. The third-order valence-corrected chi connectivity index (χ3v) is 4.79. The summed E-state index contributed by atoms with van der Waals surface area (Å²) in [5, 5.41) is 6.48. The van der Waals surface area contributed by atoms with Gasteiger partial charge in [0.25, 0.3) is 0 Å². The first-order chi connectivity index (χ1) is 9.22. The minimum absolute atomic E-state index is 0.777. The summed E-state index contributed by atoms with van der Waals surface area (Å²) in [7, 11) is 0. The molecule has 0 atom stereocenters. The van der Waals surface area contributed by atoms with Gasteiger partial charge >= 0.3 is 0 Å². The Morgan fingerprint density at radius 3 is 2.63 bits per heavy atom.